The van der Waals surface area contributed by atoms with E-state index in [0.29, 0.717) is 24.1 Å². The van der Waals surface area contributed by atoms with Crippen molar-refractivity contribution in [2.75, 3.05) is 10.6 Å². The summed E-state index contributed by atoms with van der Waals surface area (Å²) in [6.07, 6.45) is 4.68. The highest BCUT2D eigenvalue weighted by atomic mass is 16.4. The fourth-order valence-electron chi connectivity index (χ4n) is 3.99. The van der Waals surface area contributed by atoms with Gasteiger partial charge >= 0.3 is 5.63 Å². The van der Waals surface area contributed by atoms with E-state index >= 15 is 0 Å². The predicted octanol–water partition coefficient (Wildman–Crippen LogP) is 5.83. The van der Waals surface area contributed by atoms with Gasteiger partial charge in [0.1, 0.15) is 5.58 Å². The summed E-state index contributed by atoms with van der Waals surface area (Å²) in [5, 5.41) is 6.71. The van der Waals surface area contributed by atoms with E-state index in [0.717, 1.165) is 47.9 Å². The highest BCUT2D eigenvalue weighted by Gasteiger charge is 2.16. The van der Waals surface area contributed by atoms with Crippen molar-refractivity contribution in [3.05, 3.63) is 70.1 Å². The molecule has 0 unspecified atom stereocenters. The first kappa shape index (κ1) is 24.2. The molecule has 0 atom stereocenters. The van der Waals surface area contributed by atoms with Gasteiger partial charge in [0.25, 0.3) is 0 Å². The minimum Gasteiger partial charge on any atom is -0.423 e. The summed E-state index contributed by atoms with van der Waals surface area (Å²) in [4.78, 5) is 36.5. The number of rotatable bonds is 10. The topological polar surface area (TPSA) is 88.4 Å². The molecule has 0 radical (unpaired) electrons. The Morgan fingerprint density at radius 3 is 2.24 bits per heavy atom. The van der Waals surface area contributed by atoms with E-state index < -0.39 is 5.63 Å². The molecule has 0 aliphatic carbocycles. The van der Waals surface area contributed by atoms with Crippen LogP contribution in [0, 0.1) is 12.8 Å². The lowest BCUT2D eigenvalue weighted by Gasteiger charge is -2.15. The normalized spacial score (nSPS) is 11.0. The van der Waals surface area contributed by atoms with Gasteiger partial charge in [-0.3, -0.25) is 9.59 Å². The summed E-state index contributed by atoms with van der Waals surface area (Å²) in [6, 6.07) is 14.4. The van der Waals surface area contributed by atoms with Gasteiger partial charge in [-0.2, -0.15) is 0 Å². The molecule has 0 saturated heterocycles. The summed E-state index contributed by atoms with van der Waals surface area (Å²) >= 11 is 0. The van der Waals surface area contributed by atoms with Gasteiger partial charge in [-0.05, 0) is 61.6 Å². The Hall–Kier alpha value is -3.41. The molecule has 1 heterocycles. The molecule has 2 aromatic carbocycles. The van der Waals surface area contributed by atoms with E-state index in [9.17, 15) is 14.4 Å². The molecule has 6 heteroatoms. The summed E-state index contributed by atoms with van der Waals surface area (Å²) in [5.41, 5.74) is 3.27. The lowest BCUT2D eigenvalue weighted by atomic mass is 9.97. The van der Waals surface area contributed by atoms with Crippen LogP contribution in [-0.4, -0.2) is 11.8 Å². The zero-order valence-electron chi connectivity index (χ0n) is 19.6. The minimum atomic E-state index is -0.408. The van der Waals surface area contributed by atoms with Crippen molar-refractivity contribution in [3.63, 3.8) is 0 Å². The van der Waals surface area contributed by atoms with Crippen LogP contribution in [0.25, 0.3) is 11.0 Å². The molecular weight excluding hydrogens is 416 g/mol. The monoisotopic (exact) mass is 448 g/mol. The van der Waals surface area contributed by atoms with Gasteiger partial charge < -0.3 is 15.1 Å². The second-order valence-corrected chi connectivity index (χ2v) is 8.47. The van der Waals surface area contributed by atoms with Crippen molar-refractivity contribution >= 4 is 34.2 Å². The Balaban J connectivity index is 1.53. The summed E-state index contributed by atoms with van der Waals surface area (Å²) in [7, 11) is 0. The quantitative estimate of drug-likeness (QED) is 0.382. The van der Waals surface area contributed by atoms with Gasteiger partial charge in [0, 0.05) is 41.2 Å². The Morgan fingerprint density at radius 1 is 0.909 bits per heavy atom. The number of carbonyl (C=O) groups excluding carboxylic acids is 2. The van der Waals surface area contributed by atoms with E-state index in [2.05, 4.69) is 24.5 Å². The fourth-order valence-corrected chi connectivity index (χ4v) is 3.99. The van der Waals surface area contributed by atoms with Crippen molar-refractivity contribution in [2.45, 2.75) is 59.3 Å². The van der Waals surface area contributed by atoms with Gasteiger partial charge in [-0.1, -0.05) is 38.8 Å². The Morgan fingerprint density at radius 2 is 1.58 bits per heavy atom. The standard InChI is InChI=1S/C27H32N2O4/c1-4-6-20(7-5-2)27(32)29-21-11-8-19(9-12-21)10-15-25(30)28-22-13-14-23-18(3)16-26(31)33-24(23)17-22/h8-9,11-14,16-17,20H,4-7,10,15H2,1-3H3,(H,28,30)(H,29,32). The van der Waals surface area contributed by atoms with E-state index in [1.54, 1.807) is 12.1 Å². The van der Waals surface area contributed by atoms with Crippen LogP contribution in [0.4, 0.5) is 11.4 Å². The number of hydrogen-bond donors (Lipinski definition) is 2. The van der Waals surface area contributed by atoms with Gasteiger partial charge in [0.2, 0.25) is 11.8 Å². The van der Waals surface area contributed by atoms with Crippen LogP contribution in [0.1, 0.15) is 57.1 Å². The Labute approximate surface area is 194 Å². The van der Waals surface area contributed by atoms with Gasteiger partial charge in [-0.15, -0.1) is 0 Å². The number of benzene rings is 2. The number of nitrogens with one attached hydrogen (secondary N) is 2. The van der Waals surface area contributed by atoms with Crippen molar-refractivity contribution in [2.24, 2.45) is 5.92 Å². The minimum absolute atomic E-state index is 0.0513. The third kappa shape index (κ3) is 6.78. The molecule has 33 heavy (non-hydrogen) atoms. The van der Waals surface area contributed by atoms with E-state index in [-0.39, 0.29) is 17.7 Å². The maximum Gasteiger partial charge on any atom is 0.336 e. The van der Waals surface area contributed by atoms with Crippen molar-refractivity contribution in [1.82, 2.24) is 0 Å². The first-order chi connectivity index (χ1) is 15.9. The second kappa shape index (κ2) is 11.5. The molecule has 3 aromatic rings. The van der Waals surface area contributed by atoms with Gasteiger partial charge in [0.05, 0.1) is 0 Å². The smallest absolute Gasteiger partial charge is 0.336 e. The Kier molecular flexibility index (Phi) is 8.41. The number of carbonyl (C=O) groups is 2. The number of amides is 2. The molecular formula is C27H32N2O4. The summed E-state index contributed by atoms with van der Waals surface area (Å²) < 4.78 is 5.24. The van der Waals surface area contributed by atoms with Gasteiger partial charge in [0.15, 0.2) is 0 Å². The molecule has 0 fully saturated rings. The average molecular weight is 449 g/mol. The molecule has 0 spiro atoms. The highest BCUT2D eigenvalue weighted by Crippen LogP contribution is 2.21. The average Bonchev–Trinajstić information content (AvgIpc) is 2.78. The van der Waals surface area contributed by atoms with Crippen molar-refractivity contribution in [1.29, 1.82) is 0 Å². The number of aryl methyl sites for hydroxylation is 2. The van der Waals surface area contributed by atoms with Crippen LogP contribution in [0.3, 0.4) is 0 Å². The molecule has 0 bridgehead atoms. The molecule has 174 valence electrons. The van der Waals surface area contributed by atoms with Crippen LogP contribution < -0.4 is 16.3 Å². The number of hydrogen-bond acceptors (Lipinski definition) is 4. The van der Waals surface area contributed by atoms with Crippen LogP contribution in [0.15, 0.2) is 57.7 Å². The maximum atomic E-state index is 12.5. The van der Waals surface area contributed by atoms with Crippen molar-refractivity contribution in [3.8, 4) is 0 Å². The maximum absolute atomic E-state index is 12.5. The van der Waals surface area contributed by atoms with Gasteiger partial charge in [-0.25, -0.2) is 4.79 Å². The first-order valence-electron chi connectivity index (χ1n) is 11.6. The molecule has 0 aliphatic heterocycles. The van der Waals surface area contributed by atoms with E-state index in [1.165, 1.54) is 6.07 Å². The van der Waals surface area contributed by atoms with E-state index in [4.69, 9.17) is 4.42 Å². The van der Waals surface area contributed by atoms with Crippen LogP contribution in [0.5, 0.6) is 0 Å². The first-order valence-corrected chi connectivity index (χ1v) is 11.6. The molecule has 3 rings (SSSR count). The predicted molar refractivity (Wildman–Crippen MR) is 133 cm³/mol. The SMILES string of the molecule is CCCC(CCC)C(=O)Nc1ccc(CCC(=O)Nc2ccc3c(C)cc(=O)oc3c2)cc1. The molecule has 6 nitrogen and oxygen atoms in total. The zero-order valence-corrected chi connectivity index (χ0v) is 19.6. The third-order valence-corrected chi connectivity index (χ3v) is 5.74. The molecule has 0 saturated carbocycles. The largest absolute Gasteiger partial charge is 0.423 e. The highest BCUT2D eigenvalue weighted by molar-refractivity contribution is 5.94. The number of anilines is 2. The van der Waals surface area contributed by atoms with Crippen LogP contribution >= 0.6 is 0 Å². The third-order valence-electron chi connectivity index (χ3n) is 5.74. The Bertz CT molecular complexity index is 1160. The van der Waals surface area contributed by atoms with Crippen LogP contribution in [0.2, 0.25) is 0 Å². The lowest BCUT2D eigenvalue weighted by Crippen LogP contribution is -2.22. The second-order valence-electron chi connectivity index (χ2n) is 8.47. The fraction of sp³-hybridized carbons (Fsp3) is 0.370. The van der Waals surface area contributed by atoms with Crippen LogP contribution in [-0.2, 0) is 16.0 Å². The number of fused-ring (bicyclic) bond motifs is 1. The summed E-state index contributed by atoms with van der Waals surface area (Å²) in [5.74, 6) is 0.00590. The molecule has 0 aliphatic rings. The zero-order chi connectivity index (χ0) is 23.8. The molecule has 1 aromatic heterocycles. The summed E-state index contributed by atoms with van der Waals surface area (Å²) in [6.45, 7) is 6.04. The lowest BCUT2D eigenvalue weighted by molar-refractivity contribution is -0.120. The van der Waals surface area contributed by atoms with Crippen molar-refractivity contribution < 1.29 is 14.0 Å². The molecule has 2 amide bonds. The molecule has 2 N–H and O–H groups in total. The van der Waals surface area contributed by atoms with E-state index in [1.807, 2.05) is 37.3 Å².